The van der Waals surface area contributed by atoms with Crippen molar-refractivity contribution in [3.05, 3.63) is 75.8 Å². The molecule has 0 unspecified atom stereocenters. The van der Waals surface area contributed by atoms with Crippen molar-refractivity contribution in [2.75, 3.05) is 5.32 Å². The molecule has 0 radical (unpaired) electrons. The van der Waals surface area contributed by atoms with Crippen molar-refractivity contribution in [3.8, 4) is 0 Å². The standard InChI is InChI=1S/C28H27BrN2O3/c1-14-15(2)22(11-10-21(14)29)30-26(32)23(12-16-6-4-3-5-7-16)31-27(33)24-17-8-9-18(20-13-19(17)20)25(24)28(31)34/h3-11,17-20,23-25H,12-13H2,1-2H3,(H,30,32)/t17-,18-,19-,20-,23-,24-,25+/m1/s1. The maximum absolute atomic E-state index is 13.7. The van der Waals surface area contributed by atoms with Crippen molar-refractivity contribution in [3.63, 3.8) is 0 Å². The zero-order valence-electron chi connectivity index (χ0n) is 19.2. The third kappa shape index (κ3) is 3.22. The second-order valence-electron chi connectivity index (χ2n) is 10.2. The minimum Gasteiger partial charge on any atom is -0.324 e. The molecule has 6 heteroatoms. The fourth-order valence-electron chi connectivity index (χ4n) is 6.56. The lowest BCUT2D eigenvalue weighted by atomic mass is 9.63. The Labute approximate surface area is 207 Å². The van der Waals surface area contributed by atoms with Gasteiger partial charge in [0.25, 0.3) is 0 Å². The van der Waals surface area contributed by atoms with Crippen LogP contribution in [0.4, 0.5) is 5.69 Å². The highest BCUT2D eigenvalue weighted by Crippen LogP contribution is 2.65. The van der Waals surface area contributed by atoms with Gasteiger partial charge in [0.15, 0.2) is 0 Å². The number of halogens is 1. The molecule has 0 aromatic heterocycles. The van der Waals surface area contributed by atoms with Crippen LogP contribution in [-0.2, 0) is 20.8 Å². The Morgan fingerprint density at radius 1 is 0.971 bits per heavy atom. The molecule has 1 N–H and O–H groups in total. The molecule has 1 saturated heterocycles. The molecule has 1 aliphatic heterocycles. The molecule has 3 amide bonds. The van der Waals surface area contributed by atoms with Gasteiger partial charge in [-0.3, -0.25) is 19.3 Å². The predicted molar refractivity (Wildman–Crippen MR) is 133 cm³/mol. The molecular formula is C28H27BrN2O3. The summed E-state index contributed by atoms with van der Waals surface area (Å²) >= 11 is 3.53. The van der Waals surface area contributed by atoms with Crippen molar-refractivity contribution in [1.82, 2.24) is 4.90 Å². The Bertz CT molecular complexity index is 1200. The lowest BCUT2D eigenvalue weighted by Crippen LogP contribution is -2.49. The number of likely N-dealkylation sites (tertiary alicyclic amines) is 1. The Kier molecular flexibility index (Phi) is 5.07. The first kappa shape index (κ1) is 21.8. The van der Waals surface area contributed by atoms with Crippen LogP contribution in [0.1, 0.15) is 23.1 Å². The molecule has 174 valence electrons. The molecule has 2 bridgehead atoms. The number of benzene rings is 2. The maximum atomic E-state index is 13.7. The number of hydrogen-bond acceptors (Lipinski definition) is 3. The Hall–Kier alpha value is -2.73. The molecule has 2 saturated carbocycles. The number of amides is 3. The van der Waals surface area contributed by atoms with E-state index >= 15 is 0 Å². The van der Waals surface area contributed by atoms with Crippen molar-refractivity contribution in [2.24, 2.45) is 35.5 Å². The summed E-state index contributed by atoms with van der Waals surface area (Å²) in [6.07, 6.45) is 5.74. The predicted octanol–water partition coefficient (Wildman–Crippen LogP) is 4.67. The number of carbonyl (C=O) groups excluding carboxylic acids is 3. The van der Waals surface area contributed by atoms with E-state index in [9.17, 15) is 14.4 Å². The summed E-state index contributed by atoms with van der Waals surface area (Å²) in [7, 11) is 0. The summed E-state index contributed by atoms with van der Waals surface area (Å²) in [5.74, 6) is 0.0587. The molecule has 0 spiro atoms. The number of rotatable bonds is 5. The monoisotopic (exact) mass is 518 g/mol. The van der Waals surface area contributed by atoms with Gasteiger partial charge in [0.05, 0.1) is 11.8 Å². The normalized spacial score (nSPS) is 31.3. The summed E-state index contributed by atoms with van der Waals surface area (Å²) in [5, 5.41) is 3.03. The number of allylic oxidation sites excluding steroid dienone is 2. The summed E-state index contributed by atoms with van der Waals surface area (Å²) in [4.78, 5) is 42.5. The van der Waals surface area contributed by atoms with Gasteiger partial charge in [0, 0.05) is 16.6 Å². The van der Waals surface area contributed by atoms with Crippen LogP contribution in [0.15, 0.2) is 59.1 Å². The number of imide groups is 1. The van der Waals surface area contributed by atoms with Gasteiger partial charge in [-0.25, -0.2) is 0 Å². The van der Waals surface area contributed by atoms with Crippen LogP contribution in [-0.4, -0.2) is 28.7 Å². The van der Waals surface area contributed by atoms with Crippen LogP contribution in [0.5, 0.6) is 0 Å². The summed E-state index contributed by atoms with van der Waals surface area (Å²) in [6.45, 7) is 3.95. The highest BCUT2D eigenvalue weighted by atomic mass is 79.9. The summed E-state index contributed by atoms with van der Waals surface area (Å²) < 4.78 is 0.972. The van der Waals surface area contributed by atoms with E-state index in [0.717, 1.165) is 27.6 Å². The van der Waals surface area contributed by atoms with Crippen LogP contribution in [0.3, 0.4) is 0 Å². The fraction of sp³-hybridized carbons (Fsp3) is 0.393. The van der Waals surface area contributed by atoms with E-state index in [0.29, 0.717) is 23.9 Å². The lowest BCUT2D eigenvalue weighted by molar-refractivity contribution is -0.146. The van der Waals surface area contributed by atoms with Gasteiger partial charge < -0.3 is 5.32 Å². The fourth-order valence-corrected chi connectivity index (χ4v) is 6.99. The smallest absolute Gasteiger partial charge is 0.248 e. The van der Waals surface area contributed by atoms with Crippen LogP contribution in [0.25, 0.3) is 0 Å². The highest BCUT2D eigenvalue weighted by molar-refractivity contribution is 9.10. The number of hydrogen-bond donors (Lipinski definition) is 1. The molecule has 7 rings (SSSR count). The molecule has 4 aliphatic carbocycles. The zero-order valence-corrected chi connectivity index (χ0v) is 20.8. The molecule has 2 aromatic rings. The van der Waals surface area contributed by atoms with Crippen molar-refractivity contribution < 1.29 is 14.4 Å². The topological polar surface area (TPSA) is 66.5 Å². The molecule has 5 aliphatic rings. The lowest BCUT2D eigenvalue weighted by Gasteiger charge is -2.37. The Morgan fingerprint density at radius 2 is 1.59 bits per heavy atom. The Morgan fingerprint density at radius 3 is 2.21 bits per heavy atom. The van der Waals surface area contributed by atoms with E-state index in [1.54, 1.807) is 0 Å². The first-order chi connectivity index (χ1) is 16.4. The molecule has 7 atom stereocenters. The van der Waals surface area contributed by atoms with E-state index < -0.39 is 6.04 Å². The first-order valence-corrected chi connectivity index (χ1v) is 12.8. The molecule has 2 aromatic carbocycles. The van der Waals surface area contributed by atoms with Gasteiger partial charge in [-0.2, -0.15) is 0 Å². The minimum atomic E-state index is -0.882. The van der Waals surface area contributed by atoms with Gasteiger partial charge in [0.2, 0.25) is 17.7 Å². The van der Waals surface area contributed by atoms with E-state index in [-0.39, 0.29) is 41.4 Å². The molecule has 5 nitrogen and oxygen atoms in total. The molecule has 3 fully saturated rings. The average molecular weight is 519 g/mol. The minimum absolute atomic E-state index is 0.137. The van der Waals surface area contributed by atoms with Crippen molar-refractivity contribution in [2.45, 2.75) is 32.7 Å². The van der Waals surface area contributed by atoms with Gasteiger partial charge in [-0.1, -0.05) is 58.4 Å². The maximum Gasteiger partial charge on any atom is 0.248 e. The number of carbonyl (C=O) groups is 3. The molecule has 1 heterocycles. The highest BCUT2D eigenvalue weighted by Gasteiger charge is 2.67. The number of nitrogens with zero attached hydrogens (tertiary/aromatic N) is 1. The van der Waals surface area contributed by atoms with E-state index in [2.05, 4.69) is 33.4 Å². The van der Waals surface area contributed by atoms with E-state index in [1.807, 2.05) is 56.3 Å². The van der Waals surface area contributed by atoms with E-state index in [4.69, 9.17) is 0 Å². The molecule has 34 heavy (non-hydrogen) atoms. The van der Waals surface area contributed by atoms with Crippen molar-refractivity contribution >= 4 is 39.3 Å². The second kappa shape index (κ2) is 7.91. The van der Waals surface area contributed by atoms with E-state index in [1.165, 1.54) is 4.90 Å². The average Bonchev–Trinajstić information content (AvgIpc) is 3.62. The third-order valence-electron chi connectivity index (χ3n) is 8.56. The first-order valence-electron chi connectivity index (χ1n) is 12.0. The van der Waals surface area contributed by atoms with Crippen LogP contribution < -0.4 is 5.32 Å². The SMILES string of the molecule is Cc1c(Br)ccc(NC(=O)[C@@H](Cc2ccccc2)N2C(=O)[C@@H]3[C@@H]4C=C[C@H]([C@H]5C[C@H]45)[C@@H]3C2=O)c1C. The van der Waals surface area contributed by atoms with Gasteiger partial charge in [-0.05, 0) is 72.8 Å². The summed E-state index contributed by atoms with van der Waals surface area (Å²) in [5.41, 5.74) is 3.61. The largest absolute Gasteiger partial charge is 0.324 e. The quantitative estimate of drug-likeness (QED) is 0.462. The van der Waals surface area contributed by atoms with Crippen molar-refractivity contribution in [1.29, 1.82) is 0 Å². The number of anilines is 1. The van der Waals surface area contributed by atoms with Gasteiger partial charge in [0.1, 0.15) is 6.04 Å². The van der Waals surface area contributed by atoms with Crippen LogP contribution in [0, 0.1) is 49.4 Å². The second-order valence-corrected chi connectivity index (χ2v) is 11.1. The van der Waals surface area contributed by atoms with Gasteiger partial charge in [-0.15, -0.1) is 0 Å². The van der Waals surface area contributed by atoms with Gasteiger partial charge >= 0.3 is 0 Å². The third-order valence-corrected chi connectivity index (χ3v) is 9.42. The van der Waals surface area contributed by atoms with Crippen LogP contribution >= 0.6 is 15.9 Å². The van der Waals surface area contributed by atoms with Crippen LogP contribution in [0.2, 0.25) is 0 Å². The summed E-state index contributed by atoms with van der Waals surface area (Å²) in [6, 6.07) is 12.5. The molecular weight excluding hydrogens is 492 g/mol. The zero-order chi connectivity index (χ0) is 23.7. The number of nitrogens with one attached hydrogen (secondary N) is 1. The Balaban J connectivity index is 1.34.